The zero-order valence-electron chi connectivity index (χ0n) is 9.50. The molecule has 1 fully saturated rings. The molecule has 1 aromatic carbocycles. The molecule has 2 N–H and O–H groups in total. The molecule has 1 saturated carbocycles. The van der Waals surface area contributed by atoms with Crippen LogP contribution in [0.2, 0.25) is 0 Å². The maximum atomic E-state index is 5.66. The molecule has 4 heteroatoms. The molecule has 88 valence electrons. The molecule has 3 nitrogen and oxygen atoms in total. The van der Waals surface area contributed by atoms with E-state index in [4.69, 9.17) is 15.2 Å². The lowest BCUT2D eigenvalue weighted by molar-refractivity contribution is 0.388. The van der Waals surface area contributed by atoms with Gasteiger partial charge in [-0.1, -0.05) is 0 Å². The number of hydrogen-bond acceptors (Lipinski definition) is 3. The molecular weight excluding hydrogens is 270 g/mol. The molecule has 0 spiro atoms. The van der Waals surface area contributed by atoms with Gasteiger partial charge in [0.1, 0.15) is 16.0 Å². The van der Waals surface area contributed by atoms with Crippen molar-refractivity contribution >= 4 is 15.9 Å². The van der Waals surface area contributed by atoms with Crippen molar-refractivity contribution in [2.24, 2.45) is 11.7 Å². The Morgan fingerprint density at radius 1 is 1.31 bits per heavy atom. The molecule has 1 aromatic rings. The van der Waals surface area contributed by atoms with Crippen LogP contribution in [0, 0.1) is 5.92 Å². The summed E-state index contributed by atoms with van der Waals surface area (Å²) in [5.41, 5.74) is 6.92. The third-order valence-corrected chi connectivity index (χ3v) is 3.90. The second-order valence-corrected chi connectivity index (χ2v) is 4.87. The number of methoxy groups -OCH3 is 2. The first-order valence-corrected chi connectivity index (χ1v) is 6.12. The van der Waals surface area contributed by atoms with Crippen molar-refractivity contribution in [2.45, 2.75) is 12.3 Å². The first-order valence-electron chi connectivity index (χ1n) is 5.32. The molecule has 16 heavy (non-hydrogen) atoms. The molecule has 0 unspecified atom stereocenters. The molecule has 0 aliphatic heterocycles. The first kappa shape index (κ1) is 11.7. The Hall–Kier alpha value is -0.740. The van der Waals surface area contributed by atoms with Crippen LogP contribution in [-0.2, 0) is 0 Å². The fraction of sp³-hybridized carbons (Fsp3) is 0.500. The minimum absolute atomic E-state index is 0.570. The summed E-state index contributed by atoms with van der Waals surface area (Å²) in [5.74, 6) is 2.82. The molecule has 1 aliphatic carbocycles. The van der Waals surface area contributed by atoms with Gasteiger partial charge in [0.05, 0.1) is 14.2 Å². The van der Waals surface area contributed by atoms with E-state index in [-0.39, 0.29) is 0 Å². The van der Waals surface area contributed by atoms with E-state index in [0.717, 1.165) is 22.5 Å². The summed E-state index contributed by atoms with van der Waals surface area (Å²) >= 11 is 3.46. The number of benzene rings is 1. The van der Waals surface area contributed by atoms with Crippen LogP contribution in [-0.4, -0.2) is 20.8 Å². The third kappa shape index (κ3) is 2.04. The lowest BCUT2D eigenvalue weighted by atomic mass is 10.1. The van der Waals surface area contributed by atoms with Gasteiger partial charge in [0.25, 0.3) is 0 Å². The minimum atomic E-state index is 0.570. The SMILES string of the molecule is COc1cc([C@@H]2C[C@H]2CN)cc(OC)c1Br. The van der Waals surface area contributed by atoms with E-state index in [2.05, 4.69) is 28.1 Å². The highest BCUT2D eigenvalue weighted by molar-refractivity contribution is 9.10. The average molecular weight is 286 g/mol. The van der Waals surface area contributed by atoms with Gasteiger partial charge in [0.15, 0.2) is 0 Å². The highest BCUT2D eigenvalue weighted by Gasteiger charge is 2.37. The van der Waals surface area contributed by atoms with Crippen LogP contribution in [0.15, 0.2) is 16.6 Å². The van der Waals surface area contributed by atoms with Gasteiger partial charge in [-0.25, -0.2) is 0 Å². The van der Waals surface area contributed by atoms with Gasteiger partial charge in [-0.05, 0) is 58.4 Å². The van der Waals surface area contributed by atoms with E-state index in [1.165, 1.54) is 12.0 Å². The fourth-order valence-corrected chi connectivity index (χ4v) is 2.57. The van der Waals surface area contributed by atoms with Crippen LogP contribution in [0.1, 0.15) is 17.9 Å². The van der Waals surface area contributed by atoms with Crippen LogP contribution in [0.5, 0.6) is 11.5 Å². The van der Waals surface area contributed by atoms with Crippen LogP contribution in [0.3, 0.4) is 0 Å². The zero-order chi connectivity index (χ0) is 11.7. The lowest BCUT2D eigenvalue weighted by Crippen LogP contribution is -2.02. The summed E-state index contributed by atoms with van der Waals surface area (Å²) < 4.78 is 11.5. The van der Waals surface area contributed by atoms with Crippen molar-refractivity contribution in [2.75, 3.05) is 20.8 Å². The topological polar surface area (TPSA) is 44.5 Å². The van der Waals surface area contributed by atoms with E-state index < -0.39 is 0 Å². The van der Waals surface area contributed by atoms with Gasteiger partial charge in [0, 0.05) is 0 Å². The summed E-state index contributed by atoms with van der Waals surface area (Å²) in [6.45, 7) is 0.755. The van der Waals surface area contributed by atoms with Crippen LogP contribution < -0.4 is 15.2 Å². The number of rotatable bonds is 4. The summed E-state index contributed by atoms with van der Waals surface area (Å²) in [6.07, 6.45) is 1.17. The Labute approximate surface area is 104 Å². The molecule has 0 amide bonds. The second-order valence-electron chi connectivity index (χ2n) is 4.08. The fourth-order valence-electron chi connectivity index (χ4n) is 2.02. The van der Waals surface area contributed by atoms with Gasteiger partial charge in [0.2, 0.25) is 0 Å². The van der Waals surface area contributed by atoms with Crippen molar-refractivity contribution in [1.29, 1.82) is 0 Å². The molecule has 1 aliphatic rings. The quantitative estimate of drug-likeness (QED) is 0.925. The maximum Gasteiger partial charge on any atom is 0.137 e. The van der Waals surface area contributed by atoms with E-state index in [1.807, 2.05) is 0 Å². The van der Waals surface area contributed by atoms with Gasteiger partial charge in [-0.3, -0.25) is 0 Å². The van der Waals surface area contributed by atoms with Gasteiger partial charge < -0.3 is 15.2 Å². The predicted molar refractivity (Wildman–Crippen MR) is 67.1 cm³/mol. The van der Waals surface area contributed by atoms with Gasteiger partial charge in [-0.2, -0.15) is 0 Å². The number of halogens is 1. The molecule has 0 saturated heterocycles. The minimum Gasteiger partial charge on any atom is -0.495 e. The second kappa shape index (κ2) is 4.63. The van der Waals surface area contributed by atoms with Crippen LogP contribution in [0.4, 0.5) is 0 Å². The van der Waals surface area contributed by atoms with Crippen LogP contribution >= 0.6 is 15.9 Å². The number of ether oxygens (including phenoxy) is 2. The maximum absolute atomic E-state index is 5.66. The third-order valence-electron chi connectivity index (χ3n) is 3.12. The largest absolute Gasteiger partial charge is 0.495 e. The van der Waals surface area contributed by atoms with Crippen molar-refractivity contribution in [1.82, 2.24) is 0 Å². The molecule has 0 aromatic heterocycles. The summed E-state index contributed by atoms with van der Waals surface area (Å²) in [6, 6.07) is 4.12. The standard InChI is InChI=1S/C12H16BrNO2/c1-15-10-4-7(9-3-8(9)6-14)5-11(16-2)12(10)13/h4-5,8-9H,3,6,14H2,1-2H3/t8-,9-/m0/s1. The Balaban J connectivity index is 2.33. The van der Waals surface area contributed by atoms with Gasteiger partial charge in [-0.15, -0.1) is 0 Å². The summed E-state index contributed by atoms with van der Waals surface area (Å²) in [7, 11) is 3.33. The van der Waals surface area contributed by atoms with Gasteiger partial charge >= 0.3 is 0 Å². The first-order chi connectivity index (χ1) is 7.71. The molecule has 2 atom stereocenters. The molecular formula is C12H16BrNO2. The highest BCUT2D eigenvalue weighted by atomic mass is 79.9. The van der Waals surface area contributed by atoms with Crippen molar-refractivity contribution in [3.05, 3.63) is 22.2 Å². The normalized spacial score (nSPS) is 23.0. The summed E-state index contributed by atoms with van der Waals surface area (Å²) in [4.78, 5) is 0. The summed E-state index contributed by atoms with van der Waals surface area (Å²) in [5, 5.41) is 0. The number of nitrogens with two attached hydrogens (primary N) is 1. The molecule has 0 bridgehead atoms. The average Bonchev–Trinajstić information content (AvgIpc) is 3.08. The Kier molecular flexibility index (Phi) is 3.40. The monoisotopic (exact) mass is 285 g/mol. The Morgan fingerprint density at radius 3 is 2.25 bits per heavy atom. The van der Waals surface area contributed by atoms with E-state index in [0.29, 0.717) is 11.8 Å². The van der Waals surface area contributed by atoms with Crippen molar-refractivity contribution in [3.8, 4) is 11.5 Å². The number of hydrogen-bond donors (Lipinski definition) is 1. The molecule has 0 heterocycles. The predicted octanol–water partition coefficient (Wildman–Crippen LogP) is 2.53. The van der Waals surface area contributed by atoms with Crippen LogP contribution in [0.25, 0.3) is 0 Å². The Bertz CT molecular complexity index is 370. The Morgan fingerprint density at radius 2 is 1.88 bits per heavy atom. The van der Waals surface area contributed by atoms with Crippen molar-refractivity contribution < 1.29 is 9.47 Å². The molecule has 2 rings (SSSR count). The lowest BCUT2D eigenvalue weighted by Gasteiger charge is -2.11. The highest BCUT2D eigenvalue weighted by Crippen LogP contribution is 2.49. The smallest absolute Gasteiger partial charge is 0.137 e. The molecule has 0 radical (unpaired) electrons. The zero-order valence-corrected chi connectivity index (χ0v) is 11.1. The van der Waals surface area contributed by atoms with E-state index in [1.54, 1.807) is 14.2 Å². The van der Waals surface area contributed by atoms with Crippen molar-refractivity contribution in [3.63, 3.8) is 0 Å². The van der Waals surface area contributed by atoms with E-state index in [9.17, 15) is 0 Å². The van der Waals surface area contributed by atoms with E-state index >= 15 is 0 Å².